The molecule has 4 N–H and O–H groups in total. The van der Waals surface area contributed by atoms with E-state index in [4.69, 9.17) is 4.74 Å². The van der Waals surface area contributed by atoms with E-state index in [-0.39, 0.29) is 36.7 Å². The number of hydrogen-bond donors (Lipinski definition) is 4. The molecular formula is C56H54N18O6. The summed E-state index contributed by atoms with van der Waals surface area (Å²) < 4.78 is 7.91. The number of pyridine rings is 8. The summed E-state index contributed by atoms with van der Waals surface area (Å²) in [5, 5.41) is 47.4. The van der Waals surface area contributed by atoms with Gasteiger partial charge in [0.25, 0.3) is 11.8 Å². The number of nitrogens with zero attached hydrogens (tertiary/aromatic N) is 16. The van der Waals surface area contributed by atoms with Crippen LogP contribution in [0.25, 0.3) is 56.4 Å². The van der Waals surface area contributed by atoms with Crippen LogP contribution in [0.15, 0.2) is 147 Å². The molecule has 10 rings (SSSR count). The number of anilines is 2. The molecule has 10 heterocycles. The lowest BCUT2D eigenvalue weighted by atomic mass is 10.0. The molecule has 1 unspecified atom stereocenters. The molecule has 404 valence electrons. The number of nitrogens with one attached hydrogen (secondary N) is 2. The summed E-state index contributed by atoms with van der Waals surface area (Å²) in [6, 6.07) is 26.2. The normalized spacial score (nSPS) is 11.4. The highest BCUT2D eigenvalue weighted by molar-refractivity contribution is 6.04. The average molecular weight is 1080 g/mol. The lowest BCUT2D eigenvalue weighted by Crippen LogP contribution is -2.16. The Morgan fingerprint density at radius 3 is 1.29 bits per heavy atom. The molecule has 0 aliphatic rings. The van der Waals surface area contributed by atoms with Gasteiger partial charge in [-0.1, -0.05) is 30.3 Å². The number of carbonyl (C=O) groups is 3. The smallest absolute Gasteiger partial charge is 0.356 e. The molecule has 24 heteroatoms. The fourth-order valence-electron chi connectivity index (χ4n) is 7.73. The van der Waals surface area contributed by atoms with Crippen molar-refractivity contribution in [3.63, 3.8) is 0 Å². The monoisotopic (exact) mass is 1070 g/mol. The summed E-state index contributed by atoms with van der Waals surface area (Å²) in [6.45, 7) is 11.3. The summed E-state index contributed by atoms with van der Waals surface area (Å²) in [4.78, 5) is 71.1. The molecule has 24 nitrogen and oxygen atoms in total. The van der Waals surface area contributed by atoms with Crippen LogP contribution in [0.2, 0.25) is 0 Å². The van der Waals surface area contributed by atoms with Crippen LogP contribution in [-0.2, 0) is 4.74 Å². The molecule has 0 aliphatic heterocycles. The molecule has 10 aromatic rings. The highest BCUT2D eigenvalue weighted by Gasteiger charge is 2.20. The Morgan fingerprint density at radius 2 is 0.925 bits per heavy atom. The predicted octanol–water partition coefficient (Wildman–Crippen LogP) is 7.24. The number of tetrazole rings is 2. The second-order valence-corrected chi connectivity index (χ2v) is 17.8. The largest absolute Gasteiger partial charge is 0.461 e. The lowest BCUT2D eigenvalue weighted by Gasteiger charge is -2.11. The minimum Gasteiger partial charge on any atom is -0.461 e. The van der Waals surface area contributed by atoms with E-state index < -0.39 is 17.8 Å². The zero-order valence-corrected chi connectivity index (χ0v) is 44.3. The number of aromatic nitrogens is 16. The van der Waals surface area contributed by atoms with Crippen LogP contribution in [0.4, 0.5) is 11.6 Å². The van der Waals surface area contributed by atoms with Crippen molar-refractivity contribution in [2.75, 3.05) is 30.5 Å². The second-order valence-electron chi connectivity index (χ2n) is 17.8. The zero-order chi connectivity index (χ0) is 56.5. The van der Waals surface area contributed by atoms with Crippen LogP contribution < -0.4 is 10.6 Å². The third-order valence-electron chi connectivity index (χ3n) is 12.0. The van der Waals surface area contributed by atoms with Gasteiger partial charge in [-0.05, 0) is 156 Å². The van der Waals surface area contributed by atoms with E-state index >= 15 is 0 Å². The van der Waals surface area contributed by atoms with Gasteiger partial charge in [0.2, 0.25) is 11.6 Å². The van der Waals surface area contributed by atoms with Gasteiger partial charge < -0.3 is 25.6 Å². The third kappa shape index (κ3) is 13.8. The summed E-state index contributed by atoms with van der Waals surface area (Å²) in [5.41, 5.74) is 10.1. The molecule has 2 atom stereocenters. The average Bonchev–Trinajstić information content (AvgIpc) is 4.21. The minimum atomic E-state index is -0.400. The molecule has 2 amide bonds. The topological polar surface area (TPSA) is 315 Å². The van der Waals surface area contributed by atoms with Gasteiger partial charge in [-0.2, -0.15) is 0 Å². The fraction of sp³-hybridized carbons (Fsp3) is 0.196. The first-order chi connectivity index (χ1) is 38.8. The van der Waals surface area contributed by atoms with Crippen molar-refractivity contribution in [2.24, 2.45) is 0 Å². The molecule has 0 radical (unpaired) electrons. The van der Waals surface area contributed by atoms with E-state index in [9.17, 15) is 24.6 Å². The quantitative estimate of drug-likeness (QED) is 0.0735. The van der Waals surface area contributed by atoms with Crippen molar-refractivity contribution >= 4 is 29.4 Å². The Kier molecular flexibility index (Phi) is 18.6. The highest BCUT2D eigenvalue weighted by atomic mass is 16.5. The number of amides is 2. The molecule has 0 spiro atoms. The molecule has 0 aliphatic carbocycles. The molecule has 0 bridgehead atoms. The van der Waals surface area contributed by atoms with E-state index in [1.54, 1.807) is 131 Å². The number of aliphatic hydroxyl groups excluding tert-OH is 2. The van der Waals surface area contributed by atoms with Crippen molar-refractivity contribution in [3.8, 4) is 56.4 Å². The number of rotatable bonds is 15. The third-order valence-corrected chi connectivity index (χ3v) is 12.0. The van der Waals surface area contributed by atoms with Crippen LogP contribution in [0, 0.1) is 20.8 Å². The summed E-state index contributed by atoms with van der Waals surface area (Å²) in [6.07, 6.45) is 15.3. The Morgan fingerprint density at radius 1 is 0.537 bits per heavy atom. The number of ether oxygens (including phenoxy) is 1. The zero-order valence-electron chi connectivity index (χ0n) is 44.3. The molecule has 0 saturated carbocycles. The summed E-state index contributed by atoms with van der Waals surface area (Å²) in [5.74, 6) is 0.270. The minimum absolute atomic E-state index is 0.118. The van der Waals surface area contributed by atoms with E-state index in [0.717, 1.165) is 50.1 Å². The number of aryl methyl sites for hydroxylation is 3. The summed E-state index contributed by atoms with van der Waals surface area (Å²) in [7, 11) is 0. The van der Waals surface area contributed by atoms with Crippen LogP contribution in [0.3, 0.4) is 0 Å². The maximum atomic E-state index is 12.8. The maximum Gasteiger partial charge on any atom is 0.356 e. The Labute approximate surface area is 458 Å². The van der Waals surface area contributed by atoms with Gasteiger partial charge in [-0.25, -0.2) is 29.1 Å². The first-order valence-electron chi connectivity index (χ1n) is 25.0. The molecule has 0 saturated heterocycles. The molecule has 0 fully saturated rings. The first-order valence-corrected chi connectivity index (χ1v) is 25.0. The van der Waals surface area contributed by atoms with Crippen LogP contribution in [-0.4, -0.2) is 128 Å². The Balaban J connectivity index is 0.000000164. The predicted molar refractivity (Wildman–Crippen MR) is 294 cm³/mol. The number of carbonyl (C=O) groups excluding carboxylic acids is 3. The molecule has 0 aromatic carbocycles. The maximum absolute atomic E-state index is 12.8. The van der Waals surface area contributed by atoms with E-state index in [1.807, 2.05) is 57.2 Å². The van der Waals surface area contributed by atoms with Crippen LogP contribution in [0.1, 0.15) is 81.0 Å². The van der Waals surface area contributed by atoms with Gasteiger partial charge in [0.1, 0.15) is 40.1 Å². The number of hydrogen-bond acceptors (Lipinski definition) is 20. The standard InChI is InChI=1S/2C21H20N8O2.C14H14N2O2/c2*1-13-10-23-18(9-16(13)15-5-4-8-22-11-15)21(31)25-19-7-3-6-17(24-19)20-26-27-28-29(20)14(2)12-30;1-3-18-14(17)13-7-12(10(2)8-16-13)11-5-4-6-15-9-11/h2*3-11,14,30H,12H2,1-2H3,(H,24,25,31);4-9H,3H2,1-2H3/t14-;;/m1../s1. The number of esters is 1. The molecule has 10 aromatic heterocycles. The van der Waals surface area contributed by atoms with Crippen molar-refractivity contribution in [1.82, 2.24) is 80.3 Å². The number of aliphatic hydroxyl groups is 2. The Hall–Kier alpha value is -10.3. The van der Waals surface area contributed by atoms with Crippen molar-refractivity contribution in [3.05, 3.63) is 181 Å². The van der Waals surface area contributed by atoms with Crippen molar-refractivity contribution in [2.45, 2.75) is 53.6 Å². The van der Waals surface area contributed by atoms with Gasteiger partial charge >= 0.3 is 5.97 Å². The molecular weight excluding hydrogens is 1020 g/mol. The van der Waals surface area contributed by atoms with Crippen molar-refractivity contribution in [1.29, 1.82) is 0 Å². The second kappa shape index (κ2) is 26.6. The summed E-state index contributed by atoms with van der Waals surface area (Å²) >= 11 is 0. The van der Waals surface area contributed by atoms with Gasteiger partial charge in [-0.15, -0.1) is 10.2 Å². The van der Waals surface area contributed by atoms with Crippen LogP contribution >= 0.6 is 0 Å². The molecule has 80 heavy (non-hydrogen) atoms. The van der Waals surface area contributed by atoms with Gasteiger partial charge in [-0.3, -0.25) is 34.5 Å². The Bertz CT molecular complexity index is 3520. The highest BCUT2D eigenvalue weighted by Crippen LogP contribution is 2.27. The fourth-order valence-corrected chi connectivity index (χ4v) is 7.73. The van der Waals surface area contributed by atoms with Gasteiger partial charge in [0.05, 0.1) is 31.9 Å². The van der Waals surface area contributed by atoms with E-state index in [2.05, 4.69) is 81.6 Å². The van der Waals surface area contributed by atoms with Gasteiger partial charge in [0.15, 0.2) is 0 Å². The first kappa shape index (κ1) is 55.9. The SMILES string of the molecule is CCOC(=O)c1cc(-c2cccnc2)c(C)cn1.Cc1cnc(C(=O)Nc2cccc(-c3nnnn3C(C)CO)n2)cc1-c1cccnc1.Cc1cnc(C(=O)Nc2cccc(-c3nnnn3[C@H](C)CO)n2)cc1-c1cccnc1. The van der Waals surface area contributed by atoms with E-state index in [1.165, 1.54) is 9.36 Å². The van der Waals surface area contributed by atoms with Crippen molar-refractivity contribution < 1.29 is 29.3 Å². The van der Waals surface area contributed by atoms with E-state index in [0.29, 0.717) is 47.0 Å². The van der Waals surface area contributed by atoms with Gasteiger partial charge in [0, 0.05) is 72.5 Å². The lowest BCUT2D eigenvalue weighted by molar-refractivity contribution is 0.0519. The van der Waals surface area contributed by atoms with Crippen LogP contribution in [0.5, 0.6) is 0 Å².